The van der Waals surface area contributed by atoms with E-state index in [1.807, 2.05) is 37.3 Å². The van der Waals surface area contributed by atoms with Crippen LogP contribution in [0.5, 0.6) is 5.75 Å². The molecule has 3 rings (SSSR count). The molecule has 11 heteroatoms. The van der Waals surface area contributed by atoms with Crippen molar-refractivity contribution in [3.05, 3.63) is 65.7 Å². The smallest absolute Gasteiger partial charge is 0.255 e. The van der Waals surface area contributed by atoms with E-state index >= 15 is 0 Å². The van der Waals surface area contributed by atoms with Crippen molar-refractivity contribution < 1.29 is 33.8 Å². The van der Waals surface area contributed by atoms with Crippen LogP contribution in [0.15, 0.2) is 54.6 Å². The molecular formula is C27H34N4O7. The van der Waals surface area contributed by atoms with E-state index in [0.29, 0.717) is 13.0 Å². The van der Waals surface area contributed by atoms with Crippen LogP contribution in [0.4, 0.5) is 0 Å². The van der Waals surface area contributed by atoms with Crippen molar-refractivity contribution in [2.24, 2.45) is 0 Å². The van der Waals surface area contributed by atoms with E-state index in [1.54, 1.807) is 24.3 Å². The second-order valence-corrected chi connectivity index (χ2v) is 8.72. The van der Waals surface area contributed by atoms with Gasteiger partial charge in [-0.15, -0.1) is 0 Å². The number of ether oxygens (including phenoxy) is 2. The highest BCUT2D eigenvalue weighted by Gasteiger charge is 2.29. The summed E-state index contributed by atoms with van der Waals surface area (Å²) in [6.07, 6.45) is -0.0382. The summed E-state index contributed by atoms with van der Waals surface area (Å²) in [5, 5.41) is 20.3. The fraction of sp³-hybridized carbons (Fsp3) is 0.407. The summed E-state index contributed by atoms with van der Waals surface area (Å²) in [4.78, 5) is 51.8. The van der Waals surface area contributed by atoms with Crippen LogP contribution in [-0.4, -0.2) is 79.8 Å². The molecule has 0 aliphatic carbocycles. The predicted molar refractivity (Wildman–Crippen MR) is 138 cm³/mol. The summed E-state index contributed by atoms with van der Waals surface area (Å²) in [6, 6.07) is 12.9. The largest absolute Gasteiger partial charge is 0.491 e. The molecule has 0 unspecified atom stereocenters. The molecule has 0 fully saturated rings. The van der Waals surface area contributed by atoms with E-state index < -0.39 is 54.8 Å². The van der Waals surface area contributed by atoms with Crippen molar-refractivity contribution in [2.75, 3.05) is 33.0 Å². The zero-order valence-corrected chi connectivity index (χ0v) is 21.3. The second kappa shape index (κ2) is 14.7. The highest BCUT2D eigenvalue weighted by Crippen LogP contribution is 2.19. The Hall–Kier alpha value is -3.96. The second-order valence-electron chi connectivity index (χ2n) is 8.72. The Morgan fingerprint density at radius 3 is 2.53 bits per heavy atom. The van der Waals surface area contributed by atoms with Crippen LogP contribution in [-0.2, 0) is 25.5 Å². The molecule has 11 nitrogen and oxygen atoms in total. The number of carbonyl (C=O) groups is 4. The molecule has 0 bridgehead atoms. The van der Waals surface area contributed by atoms with Crippen LogP contribution >= 0.6 is 0 Å². The predicted octanol–water partition coefficient (Wildman–Crippen LogP) is -0.0752. The Morgan fingerprint density at radius 2 is 1.79 bits per heavy atom. The molecule has 0 radical (unpaired) electrons. The maximum atomic E-state index is 13.2. The number of aliphatic hydroxyl groups excluding tert-OH is 1. The maximum absolute atomic E-state index is 13.2. The van der Waals surface area contributed by atoms with Crippen LogP contribution in [0, 0.1) is 0 Å². The van der Waals surface area contributed by atoms with E-state index in [4.69, 9.17) is 9.47 Å². The van der Waals surface area contributed by atoms with Crippen LogP contribution in [0.3, 0.4) is 0 Å². The molecule has 4 amide bonds. The van der Waals surface area contributed by atoms with Crippen molar-refractivity contribution in [2.45, 2.75) is 37.9 Å². The van der Waals surface area contributed by atoms with Crippen molar-refractivity contribution in [3.63, 3.8) is 0 Å². The van der Waals surface area contributed by atoms with Gasteiger partial charge in [-0.3, -0.25) is 19.2 Å². The number of nitrogens with one attached hydrogen (secondary N) is 4. The Balaban J connectivity index is 1.87. The first-order valence-electron chi connectivity index (χ1n) is 12.5. The van der Waals surface area contributed by atoms with Crippen LogP contribution in [0.1, 0.15) is 29.3 Å². The molecule has 1 aliphatic heterocycles. The standard InChI is InChI=1S/C27H34N4O7/c1-2-37-13-12-28-26(35)21-15-24(33)30-22(16-32)27(36)29-19(14-18-8-4-3-5-9-18)17-38-23-11-7-6-10-20(23)25(34)31-21/h3-11,19,21-22,32H,2,12-17H2,1H3,(H,28,35)(H,29,36)(H,30,33)(H,31,34)/t19-,21+,22+/m1/s1. The molecule has 3 atom stereocenters. The van der Waals surface area contributed by atoms with Gasteiger partial charge in [0.05, 0.1) is 31.2 Å². The summed E-state index contributed by atoms with van der Waals surface area (Å²) >= 11 is 0. The van der Waals surface area contributed by atoms with Gasteiger partial charge in [0.15, 0.2) is 0 Å². The lowest BCUT2D eigenvalue weighted by atomic mass is 10.1. The highest BCUT2D eigenvalue weighted by molar-refractivity contribution is 6.01. The monoisotopic (exact) mass is 526 g/mol. The van der Waals surface area contributed by atoms with Gasteiger partial charge in [-0.2, -0.15) is 0 Å². The highest BCUT2D eigenvalue weighted by atomic mass is 16.5. The number of rotatable bonds is 8. The summed E-state index contributed by atoms with van der Waals surface area (Å²) in [5.41, 5.74) is 1.12. The molecule has 2 aromatic carbocycles. The van der Waals surface area contributed by atoms with E-state index in [1.165, 1.54) is 0 Å². The molecule has 0 spiro atoms. The van der Waals surface area contributed by atoms with Gasteiger partial charge in [0, 0.05) is 13.2 Å². The topological polar surface area (TPSA) is 155 Å². The first-order chi connectivity index (χ1) is 18.4. The molecule has 0 saturated heterocycles. The third-order valence-corrected chi connectivity index (χ3v) is 5.84. The molecule has 2 aromatic rings. The van der Waals surface area contributed by atoms with Gasteiger partial charge in [-0.1, -0.05) is 42.5 Å². The molecule has 0 aromatic heterocycles. The van der Waals surface area contributed by atoms with Crippen molar-refractivity contribution >= 4 is 23.6 Å². The molecule has 38 heavy (non-hydrogen) atoms. The minimum absolute atomic E-state index is 0.0123. The lowest BCUT2D eigenvalue weighted by Crippen LogP contribution is -2.55. The van der Waals surface area contributed by atoms with Gasteiger partial charge in [-0.25, -0.2) is 0 Å². The number of aliphatic hydroxyl groups is 1. The van der Waals surface area contributed by atoms with Crippen LogP contribution in [0.25, 0.3) is 0 Å². The average Bonchev–Trinajstić information content (AvgIpc) is 2.92. The lowest BCUT2D eigenvalue weighted by Gasteiger charge is -2.25. The zero-order chi connectivity index (χ0) is 27.3. The van der Waals surface area contributed by atoms with E-state index in [9.17, 15) is 24.3 Å². The Labute approximate surface area is 221 Å². The summed E-state index contributed by atoms with van der Waals surface area (Å²) < 4.78 is 11.2. The fourth-order valence-corrected chi connectivity index (χ4v) is 3.91. The number of benzene rings is 2. The first-order valence-corrected chi connectivity index (χ1v) is 12.5. The van der Waals surface area contributed by atoms with Crippen LogP contribution in [0.2, 0.25) is 0 Å². The molecular weight excluding hydrogens is 492 g/mol. The number of fused-ring (bicyclic) bond motifs is 1. The first kappa shape index (κ1) is 28.6. The number of para-hydroxylation sites is 1. The van der Waals surface area contributed by atoms with Gasteiger partial charge in [0.1, 0.15) is 24.4 Å². The number of amides is 4. The Morgan fingerprint density at radius 1 is 1.05 bits per heavy atom. The van der Waals surface area contributed by atoms with E-state index in [0.717, 1.165) is 5.56 Å². The number of carbonyl (C=O) groups excluding carboxylic acids is 4. The molecule has 1 heterocycles. The lowest BCUT2D eigenvalue weighted by molar-refractivity contribution is -0.132. The molecule has 1 aliphatic rings. The van der Waals surface area contributed by atoms with Crippen molar-refractivity contribution in [1.82, 2.24) is 21.3 Å². The quantitative estimate of drug-likeness (QED) is 0.302. The van der Waals surface area contributed by atoms with E-state index in [2.05, 4.69) is 21.3 Å². The zero-order valence-electron chi connectivity index (χ0n) is 21.3. The third kappa shape index (κ3) is 8.56. The van der Waals surface area contributed by atoms with E-state index in [-0.39, 0.29) is 31.1 Å². The van der Waals surface area contributed by atoms with Crippen molar-refractivity contribution in [3.8, 4) is 5.75 Å². The van der Waals surface area contributed by atoms with Gasteiger partial charge >= 0.3 is 0 Å². The fourth-order valence-electron chi connectivity index (χ4n) is 3.91. The summed E-state index contributed by atoms with van der Waals surface area (Å²) in [6.45, 7) is 2.11. The summed E-state index contributed by atoms with van der Waals surface area (Å²) in [5.74, 6) is -2.22. The van der Waals surface area contributed by atoms with Gasteiger partial charge < -0.3 is 35.8 Å². The van der Waals surface area contributed by atoms with Gasteiger partial charge in [0.2, 0.25) is 17.7 Å². The normalized spacial score (nSPS) is 20.6. The average molecular weight is 527 g/mol. The minimum Gasteiger partial charge on any atom is -0.491 e. The van der Waals surface area contributed by atoms with Gasteiger partial charge in [-0.05, 0) is 31.0 Å². The number of hydrogen-bond donors (Lipinski definition) is 5. The molecule has 5 N–H and O–H groups in total. The summed E-state index contributed by atoms with van der Waals surface area (Å²) in [7, 11) is 0. The maximum Gasteiger partial charge on any atom is 0.255 e. The molecule has 204 valence electrons. The molecule has 0 saturated carbocycles. The van der Waals surface area contributed by atoms with Crippen LogP contribution < -0.4 is 26.0 Å². The third-order valence-electron chi connectivity index (χ3n) is 5.84. The van der Waals surface area contributed by atoms with Gasteiger partial charge in [0.25, 0.3) is 5.91 Å². The minimum atomic E-state index is -1.26. The SMILES string of the molecule is CCOCCNC(=O)[C@@H]1CC(=O)N[C@@H](CO)C(=O)N[C@H](Cc2ccccc2)COc2ccccc2C(=O)N1. The van der Waals surface area contributed by atoms with Crippen molar-refractivity contribution in [1.29, 1.82) is 0 Å². The Bertz CT molecular complexity index is 1100. The Kier molecular flexibility index (Phi) is 11.1. The number of hydrogen-bond acceptors (Lipinski definition) is 7.